The topological polar surface area (TPSA) is 0 Å². The Morgan fingerprint density at radius 2 is 1.17 bits per heavy atom. The Morgan fingerprint density at radius 3 is 1.89 bits per heavy atom. The Kier molecular flexibility index (Phi) is 6.95. The van der Waals surface area contributed by atoms with E-state index in [0.717, 1.165) is 9.52 Å². The fourth-order valence-corrected chi connectivity index (χ4v) is 5.71. The van der Waals surface area contributed by atoms with Crippen LogP contribution < -0.4 is 0 Å². The first-order valence-electron chi connectivity index (χ1n) is 12.0. The maximum absolute atomic E-state index is 2.41. The molecule has 35 heavy (non-hydrogen) atoms. The zero-order valence-corrected chi connectivity index (χ0v) is 24.7. The van der Waals surface area contributed by atoms with Crippen LogP contribution in [0.5, 0.6) is 0 Å². The fourth-order valence-electron chi connectivity index (χ4n) is 5.71. The molecule has 5 aromatic rings. The Morgan fingerprint density at radius 1 is 0.600 bits per heavy atom. The molecule has 0 saturated heterocycles. The van der Waals surface area contributed by atoms with Crippen LogP contribution in [-0.4, -0.2) is 9.52 Å². The van der Waals surface area contributed by atoms with Crippen molar-refractivity contribution in [2.45, 2.75) is 24.9 Å². The zero-order chi connectivity index (χ0) is 23.1. The Bertz CT molecular complexity index is 1570. The molecule has 0 N–H and O–H groups in total. The molecule has 2 atom stereocenters. The van der Waals surface area contributed by atoms with Crippen LogP contribution in [0.4, 0.5) is 0 Å². The molecule has 2 heteroatoms. The van der Waals surface area contributed by atoms with Gasteiger partial charge in [-0.1, -0.05) is 127 Å². The van der Waals surface area contributed by atoms with Gasteiger partial charge in [0, 0.05) is 47.2 Å². The van der Waals surface area contributed by atoms with Gasteiger partial charge >= 0.3 is 0 Å². The molecular formula is C33H27HfSi-. The summed E-state index contributed by atoms with van der Waals surface area (Å²) >= 11 is 0. The van der Waals surface area contributed by atoms with Crippen LogP contribution in [0, 0.1) is 0 Å². The van der Waals surface area contributed by atoms with Crippen molar-refractivity contribution in [1.82, 2.24) is 0 Å². The minimum absolute atomic E-state index is 0. The Hall–Kier alpha value is -2.68. The summed E-state index contributed by atoms with van der Waals surface area (Å²) in [7, 11) is 1.08. The minimum Gasteiger partial charge on any atom is -0.126 e. The van der Waals surface area contributed by atoms with Crippen molar-refractivity contribution in [2.24, 2.45) is 0 Å². The summed E-state index contributed by atoms with van der Waals surface area (Å²) < 4.78 is 0. The van der Waals surface area contributed by atoms with Gasteiger partial charge in [-0.3, -0.25) is 0 Å². The normalized spacial score (nSPS) is 17.1. The molecule has 2 aliphatic rings. The summed E-state index contributed by atoms with van der Waals surface area (Å²) in [6.45, 7) is 4.31. The fraction of sp³-hybridized carbons (Fsp3) is 0.121. The second-order valence-corrected chi connectivity index (χ2v) is 10.2. The maximum Gasteiger partial charge on any atom is 0.0307 e. The largest absolute Gasteiger partial charge is 0.126 e. The Labute approximate surface area is 229 Å². The molecular weight excluding hydrogens is 603 g/mol. The van der Waals surface area contributed by atoms with Crippen LogP contribution in [0.3, 0.4) is 0 Å². The predicted octanol–water partition coefficient (Wildman–Crippen LogP) is 8.81. The molecule has 0 fully saturated rings. The van der Waals surface area contributed by atoms with E-state index in [-0.39, 0.29) is 31.8 Å². The van der Waals surface area contributed by atoms with Crippen LogP contribution in [0.1, 0.15) is 45.2 Å². The molecule has 2 radical (unpaired) electrons. The first-order valence-corrected chi connectivity index (χ1v) is 14.0. The quantitative estimate of drug-likeness (QED) is 0.135. The van der Waals surface area contributed by atoms with Gasteiger partial charge in [0.1, 0.15) is 0 Å². The number of fused-ring (bicyclic) bond motifs is 5. The average Bonchev–Trinajstić information content (AvgIpc) is 3.59. The van der Waals surface area contributed by atoms with E-state index in [2.05, 4.69) is 128 Å². The molecule has 7 rings (SSSR count). The van der Waals surface area contributed by atoms with Crippen molar-refractivity contribution in [3.05, 3.63) is 137 Å². The third kappa shape index (κ3) is 4.07. The van der Waals surface area contributed by atoms with Crippen molar-refractivity contribution in [2.75, 3.05) is 0 Å². The molecule has 0 nitrogen and oxygen atoms in total. The van der Waals surface area contributed by atoms with E-state index in [1.807, 2.05) is 0 Å². The molecule has 0 heterocycles. The molecule has 0 amide bonds. The SMILES string of the molecule is C1=CC(c2ccc3c([cH-]c4ccccc43)c2C2C=Cc3ccccc32)c2ccccc21.C[Si]C.[Hf]. The van der Waals surface area contributed by atoms with E-state index in [4.69, 9.17) is 0 Å². The van der Waals surface area contributed by atoms with Crippen molar-refractivity contribution < 1.29 is 25.8 Å². The third-order valence-electron chi connectivity index (χ3n) is 7.12. The first-order chi connectivity index (χ1) is 16.8. The zero-order valence-electron chi connectivity index (χ0n) is 20.1. The van der Waals surface area contributed by atoms with Crippen LogP contribution in [0.15, 0.2) is 103 Å². The summed E-state index contributed by atoms with van der Waals surface area (Å²) in [6.07, 6.45) is 9.35. The van der Waals surface area contributed by atoms with Gasteiger partial charge in [-0.05, 0) is 22.3 Å². The van der Waals surface area contributed by atoms with E-state index >= 15 is 0 Å². The summed E-state index contributed by atoms with van der Waals surface area (Å²) in [6, 6.07) is 33.6. The number of benzene rings is 4. The second kappa shape index (κ2) is 10.1. The van der Waals surface area contributed by atoms with E-state index in [1.165, 1.54) is 54.9 Å². The van der Waals surface area contributed by atoms with Crippen LogP contribution in [0.25, 0.3) is 33.7 Å². The summed E-state index contributed by atoms with van der Waals surface area (Å²) in [5.41, 5.74) is 8.39. The van der Waals surface area contributed by atoms with Crippen LogP contribution >= 0.6 is 0 Å². The first kappa shape index (κ1) is 24.0. The number of hydrogen-bond acceptors (Lipinski definition) is 0. The summed E-state index contributed by atoms with van der Waals surface area (Å²) in [4.78, 5) is 0. The van der Waals surface area contributed by atoms with Crippen LogP contribution in [-0.2, 0) is 25.8 Å². The predicted molar refractivity (Wildman–Crippen MR) is 149 cm³/mol. The smallest absolute Gasteiger partial charge is 0.0307 e. The molecule has 2 unspecified atom stereocenters. The molecule has 0 bridgehead atoms. The summed E-state index contributed by atoms with van der Waals surface area (Å²) in [5, 5.41) is 5.43. The molecule has 5 aromatic carbocycles. The van der Waals surface area contributed by atoms with Gasteiger partial charge in [0.2, 0.25) is 0 Å². The number of hydrogen-bond donors (Lipinski definition) is 0. The molecule has 0 saturated carbocycles. The second-order valence-electron chi connectivity index (χ2n) is 9.19. The van der Waals surface area contributed by atoms with E-state index in [9.17, 15) is 0 Å². The van der Waals surface area contributed by atoms with Gasteiger partial charge < -0.3 is 0 Å². The Balaban J connectivity index is 0.000000605. The van der Waals surface area contributed by atoms with Crippen molar-refractivity contribution in [1.29, 1.82) is 0 Å². The van der Waals surface area contributed by atoms with Gasteiger partial charge in [0.15, 0.2) is 0 Å². The van der Waals surface area contributed by atoms with Crippen LogP contribution in [0.2, 0.25) is 13.1 Å². The van der Waals surface area contributed by atoms with Crippen molar-refractivity contribution in [3.63, 3.8) is 0 Å². The van der Waals surface area contributed by atoms with Crippen molar-refractivity contribution in [3.8, 4) is 0 Å². The molecule has 0 aromatic heterocycles. The molecule has 2 aliphatic carbocycles. The molecule has 168 valence electrons. The molecule has 0 aliphatic heterocycles. The van der Waals surface area contributed by atoms with E-state index < -0.39 is 0 Å². The maximum atomic E-state index is 2.41. The minimum atomic E-state index is 0. The van der Waals surface area contributed by atoms with Gasteiger partial charge in [-0.25, -0.2) is 0 Å². The number of allylic oxidation sites excluding steroid dienone is 2. The monoisotopic (exact) mass is 631 g/mol. The van der Waals surface area contributed by atoms with Gasteiger partial charge in [0.25, 0.3) is 0 Å². The van der Waals surface area contributed by atoms with E-state index in [1.54, 1.807) is 0 Å². The van der Waals surface area contributed by atoms with Crippen molar-refractivity contribution >= 4 is 43.2 Å². The third-order valence-corrected chi connectivity index (χ3v) is 7.12. The van der Waals surface area contributed by atoms with Gasteiger partial charge in [0.05, 0.1) is 0 Å². The standard InChI is InChI=1S/C31H21.C2H6Si.Hf/c1-4-10-23-20(7-1)13-15-26(23)29-18-17-27-25-12-6-3-9-22(25)19-30(27)31(29)28-16-14-21-8-2-5-11-24(21)28;1-3-2;/h1-19,26,28H;1-2H3;/q-1;;. The van der Waals surface area contributed by atoms with E-state index in [0.29, 0.717) is 5.92 Å². The molecule has 0 spiro atoms. The van der Waals surface area contributed by atoms with Gasteiger partial charge in [-0.2, -0.15) is 0 Å². The van der Waals surface area contributed by atoms with Gasteiger partial charge in [-0.15, -0.1) is 33.7 Å². The number of rotatable bonds is 2. The average molecular weight is 630 g/mol. The summed E-state index contributed by atoms with van der Waals surface area (Å²) in [5.74, 6) is 0.586.